The number of nitrogens with one attached hydrogen (secondary N) is 2. The highest BCUT2D eigenvalue weighted by molar-refractivity contribution is 7.17. The fraction of sp³-hybridized carbons (Fsp3) is 0.227. The number of nitrogens with zero attached hydrogens (tertiary/aromatic N) is 1. The van der Waals surface area contributed by atoms with Gasteiger partial charge in [0.2, 0.25) is 6.79 Å². The van der Waals surface area contributed by atoms with Crippen molar-refractivity contribution in [1.29, 1.82) is 0 Å². The van der Waals surface area contributed by atoms with Crippen molar-refractivity contribution in [3.8, 4) is 11.5 Å². The largest absolute Gasteiger partial charge is 0.454 e. The highest BCUT2D eigenvalue weighted by Crippen LogP contribution is 2.39. The second-order valence-electron chi connectivity index (χ2n) is 7.13. The third kappa shape index (κ3) is 3.50. The van der Waals surface area contributed by atoms with Gasteiger partial charge in [-0.25, -0.2) is 0 Å². The van der Waals surface area contributed by atoms with Crippen molar-refractivity contribution >= 4 is 33.8 Å². The maximum absolute atomic E-state index is 13.1. The first-order valence-corrected chi connectivity index (χ1v) is 10.6. The molecule has 0 unspecified atom stereocenters. The Balaban J connectivity index is 1.45. The van der Waals surface area contributed by atoms with Crippen LogP contribution < -0.4 is 20.1 Å². The number of aromatic nitrogens is 1. The van der Waals surface area contributed by atoms with E-state index in [1.807, 2.05) is 0 Å². The van der Waals surface area contributed by atoms with Crippen molar-refractivity contribution in [2.24, 2.45) is 0 Å². The van der Waals surface area contributed by atoms with Gasteiger partial charge in [0.15, 0.2) is 11.5 Å². The molecule has 1 aliphatic carbocycles. The van der Waals surface area contributed by atoms with Gasteiger partial charge in [-0.3, -0.25) is 14.6 Å². The average Bonchev–Trinajstić information content (AvgIpc) is 3.37. The molecule has 0 radical (unpaired) electrons. The Labute approximate surface area is 177 Å². The summed E-state index contributed by atoms with van der Waals surface area (Å²) in [5.74, 6) is 0.642. The van der Waals surface area contributed by atoms with Crippen molar-refractivity contribution < 1.29 is 19.1 Å². The Morgan fingerprint density at radius 3 is 2.73 bits per heavy atom. The van der Waals surface area contributed by atoms with Crippen LogP contribution in [0.25, 0.3) is 0 Å². The highest BCUT2D eigenvalue weighted by atomic mass is 32.1. The molecule has 152 valence electrons. The first-order chi connectivity index (χ1) is 14.7. The monoisotopic (exact) mass is 421 g/mol. The summed E-state index contributed by atoms with van der Waals surface area (Å²) in [6, 6.07) is 8.61. The lowest BCUT2D eigenvalue weighted by Crippen LogP contribution is -2.18. The molecule has 8 heteroatoms. The van der Waals surface area contributed by atoms with Crippen LogP contribution in [0.2, 0.25) is 0 Å². The van der Waals surface area contributed by atoms with Gasteiger partial charge < -0.3 is 20.1 Å². The maximum atomic E-state index is 13.1. The topological polar surface area (TPSA) is 89.6 Å². The summed E-state index contributed by atoms with van der Waals surface area (Å²) in [4.78, 5) is 31.2. The molecule has 1 aliphatic heterocycles. The second-order valence-corrected chi connectivity index (χ2v) is 8.24. The number of rotatable bonds is 4. The molecule has 2 N–H and O–H groups in total. The molecule has 2 aliphatic rings. The number of amides is 2. The van der Waals surface area contributed by atoms with E-state index in [9.17, 15) is 9.59 Å². The predicted molar refractivity (Wildman–Crippen MR) is 114 cm³/mol. The van der Waals surface area contributed by atoms with Crippen molar-refractivity contribution in [2.75, 3.05) is 17.4 Å². The molecule has 0 fully saturated rings. The van der Waals surface area contributed by atoms with Crippen molar-refractivity contribution in [3.05, 3.63) is 64.3 Å². The second kappa shape index (κ2) is 7.79. The van der Waals surface area contributed by atoms with Crippen molar-refractivity contribution in [2.45, 2.75) is 25.7 Å². The van der Waals surface area contributed by atoms with E-state index in [0.717, 1.165) is 31.2 Å². The Morgan fingerprint density at radius 1 is 1.00 bits per heavy atom. The van der Waals surface area contributed by atoms with E-state index in [1.54, 1.807) is 42.7 Å². The van der Waals surface area contributed by atoms with Crippen LogP contribution in [0.1, 0.15) is 44.0 Å². The molecule has 2 aromatic heterocycles. The molecule has 0 saturated carbocycles. The smallest absolute Gasteiger partial charge is 0.259 e. The number of thiophene rings is 1. The van der Waals surface area contributed by atoms with Crippen LogP contribution in [0.3, 0.4) is 0 Å². The highest BCUT2D eigenvalue weighted by Gasteiger charge is 2.27. The quantitative estimate of drug-likeness (QED) is 0.657. The lowest BCUT2D eigenvalue weighted by atomic mass is 9.95. The van der Waals surface area contributed by atoms with Crippen molar-refractivity contribution in [3.63, 3.8) is 0 Å². The number of carbonyl (C=O) groups is 2. The number of anilines is 2. The van der Waals surface area contributed by atoms with Gasteiger partial charge in [0, 0.05) is 16.6 Å². The van der Waals surface area contributed by atoms with Crippen LogP contribution in [0, 0.1) is 0 Å². The first-order valence-electron chi connectivity index (χ1n) is 9.76. The molecular formula is C22H19N3O4S. The molecule has 0 saturated heterocycles. The fourth-order valence-corrected chi connectivity index (χ4v) is 5.02. The van der Waals surface area contributed by atoms with Gasteiger partial charge in [-0.2, -0.15) is 0 Å². The molecule has 0 atom stereocenters. The minimum atomic E-state index is -0.290. The minimum absolute atomic E-state index is 0.150. The summed E-state index contributed by atoms with van der Waals surface area (Å²) in [6.45, 7) is 0.150. The molecule has 30 heavy (non-hydrogen) atoms. The van der Waals surface area contributed by atoms with Gasteiger partial charge in [0.1, 0.15) is 5.00 Å². The van der Waals surface area contributed by atoms with Crippen LogP contribution in [-0.2, 0) is 12.8 Å². The maximum Gasteiger partial charge on any atom is 0.259 e. The van der Waals surface area contributed by atoms with Crippen LogP contribution >= 0.6 is 11.3 Å². The standard InChI is InChI=1S/C22H19N3O4S/c26-20(13-7-8-16-17(10-13)29-12-28-16)25-22-19(15-5-1-2-6-18(15)30-22)21(27)24-14-4-3-9-23-11-14/h3-4,7-11H,1-2,5-6,12H2,(H,24,27)(H,25,26). The normalized spacial score (nSPS) is 14.1. The number of ether oxygens (including phenoxy) is 2. The first kappa shape index (κ1) is 18.6. The Kier molecular flexibility index (Phi) is 4.84. The fourth-order valence-electron chi connectivity index (χ4n) is 3.74. The van der Waals surface area contributed by atoms with Crippen LogP contribution in [0.4, 0.5) is 10.7 Å². The Bertz CT molecular complexity index is 1130. The van der Waals surface area contributed by atoms with Gasteiger partial charge in [-0.05, 0) is 61.6 Å². The van der Waals surface area contributed by atoms with Gasteiger partial charge in [0.05, 0.1) is 17.4 Å². The van der Waals surface area contributed by atoms with Gasteiger partial charge in [-0.1, -0.05) is 0 Å². The van der Waals surface area contributed by atoms with E-state index >= 15 is 0 Å². The molecule has 0 spiro atoms. The third-order valence-corrected chi connectivity index (χ3v) is 6.39. The molecular weight excluding hydrogens is 402 g/mol. The predicted octanol–water partition coefficient (Wildman–Crippen LogP) is 4.26. The molecule has 7 nitrogen and oxygen atoms in total. The SMILES string of the molecule is O=C(Nc1sc2c(c1C(=O)Nc1cccnc1)CCCC2)c1ccc2c(c1)OCO2. The lowest BCUT2D eigenvalue weighted by Gasteiger charge is -2.13. The molecule has 3 aromatic rings. The number of pyridine rings is 1. The number of carbonyl (C=O) groups excluding carboxylic acids is 2. The minimum Gasteiger partial charge on any atom is -0.454 e. The Morgan fingerprint density at radius 2 is 1.87 bits per heavy atom. The van der Waals surface area contributed by atoms with E-state index in [0.29, 0.717) is 33.3 Å². The third-order valence-electron chi connectivity index (χ3n) is 5.18. The van der Waals surface area contributed by atoms with Crippen molar-refractivity contribution in [1.82, 2.24) is 4.98 Å². The number of benzene rings is 1. The van der Waals surface area contributed by atoms with E-state index in [4.69, 9.17) is 9.47 Å². The summed E-state index contributed by atoms with van der Waals surface area (Å²) in [6.07, 6.45) is 7.13. The van der Waals surface area contributed by atoms with Gasteiger partial charge in [0.25, 0.3) is 11.8 Å². The van der Waals surface area contributed by atoms with E-state index < -0.39 is 0 Å². The average molecular weight is 421 g/mol. The Hall–Kier alpha value is -3.39. The summed E-state index contributed by atoms with van der Waals surface area (Å²) in [5.41, 5.74) is 2.65. The zero-order chi connectivity index (χ0) is 20.5. The van der Waals surface area contributed by atoms with E-state index in [-0.39, 0.29) is 18.6 Å². The molecule has 3 heterocycles. The summed E-state index contributed by atoms with van der Waals surface area (Å²) in [7, 11) is 0. The van der Waals surface area contributed by atoms with E-state index in [2.05, 4.69) is 15.6 Å². The zero-order valence-corrected chi connectivity index (χ0v) is 16.9. The van der Waals surface area contributed by atoms with Gasteiger partial charge in [-0.15, -0.1) is 11.3 Å². The number of hydrogen-bond acceptors (Lipinski definition) is 6. The van der Waals surface area contributed by atoms with Crippen LogP contribution in [0.5, 0.6) is 11.5 Å². The molecule has 1 aromatic carbocycles. The van der Waals surface area contributed by atoms with Gasteiger partial charge >= 0.3 is 0 Å². The number of aryl methyl sites for hydroxylation is 1. The van der Waals surface area contributed by atoms with Crippen LogP contribution in [-0.4, -0.2) is 23.6 Å². The van der Waals surface area contributed by atoms with Crippen LogP contribution in [0.15, 0.2) is 42.7 Å². The summed E-state index contributed by atoms with van der Waals surface area (Å²) >= 11 is 1.48. The molecule has 2 amide bonds. The summed E-state index contributed by atoms with van der Waals surface area (Å²) in [5, 5.41) is 6.42. The summed E-state index contributed by atoms with van der Waals surface area (Å²) < 4.78 is 10.7. The lowest BCUT2D eigenvalue weighted by molar-refractivity contribution is 0.102. The molecule has 5 rings (SSSR count). The zero-order valence-electron chi connectivity index (χ0n) is 16.1. The number of fused-ring (bicyclic) bond motifs is 2. The number of hydrogen-bond donors (Lipinski definition) is 2. The van der Waals surface area contributed by atoms with E-state index in [1.165, 1.54) is 16.2 Å². The molecule has 0 bridgehead atoms.